The highest BCUT2D eigenvalue weighted by Gasteiger charge is 2.41. The maximum Gasteiger partial charge on any atom is 0.00773 e. The minimum atomic E-state index is 0.522. The number of hydrogen-bond acceptors (Lipinski definition) is 1. The molecule has 1 heteroatoms. The quantitative estimate of drug-likeness (QED) is 0.783. The first kappa shape index (κ1) is 13.9. The summed E-state index contributed by atoms with van der Waals surface area (Å²) in [6.45, 7) is 11.1. The molecule has 0 aliphatic heterocycles. The van der Waals surface area contributed by atoms with Crippen molar-refractivity contribution in [3.8, 4) is 0 Å². The third-order valence-electron chi connectivity index (χ3n) is 6.11. The van der Waals surface area contributed by atoms with Crippen LogP contribution in [0.15, 0.2) is 0 Å². The van der Waals surface area contributed by atoms with Gasteiger partial charge in [0.1, 0.15) is 0 Å². The topological polar surface area (TPSA) is 12.0 Å². The van der Waals surface area contributed by atoms with Gasteiger partial charge in [-0.1, -0.05) is 34.1 Å². The van der Waals surface area contributed by atoms with E-state index in [-0.39, 0.29) is 0 Å². The molecule has 3 rings (SSSR count). The van der Waals surface area contributed by atoms with Crippen molar-refractivity contribution < 1.29 is 0 Å². The minimum absolute atomic E-state index is 0.522. The Hall–Kier alpha value is -0.0400. The SMILES string of the molecule is CC1(C)CC(NCC2CC3CCC2C3)CC(C)(C)C1. The summed E-state index contributed by atoms with van der Waals surface area (Å²) in [6.07, 6.45) is 10.3. The fourth-order valence-corrected chi connectivity index (χ4v) is 5.93. The Labute approximate surface area is 119 Å². The van der Waals surface area contributed by atoms with Crippen LogP contribution in [-0.4, -0.2) is 12.6 Å². The summed E-state index contributed by atoms with van der Waals surface area (Å²) in [5, 5.41) is 3.96. The van der Waals surface area contributed by atoms with Gasteiger partial charge in [0.25, 0.3) is 0 Å². The van der Waals surface area contributed by atoms with E-state index < -0.39 is 0 Å². The Balaban J connectivity index is 1.52. The summed E-state index contributed by atoms with van der Waals surface area (Å²) in [5.41, 5.74) is 1.04. The molecule has 0 aromatic heterocycles. The van der Waals surface area contributed by atoms with E-state index >= 15 is 0 Å². The molecule has 0 heterocycles. The van der Waals surface area contributed by atoms with Gasteiger partial charge in [-0.05, 0) is 73.7 Å². The average molecular weight is 263 g/mol. The summed E-state index contributed by atoms with van der Waals surface area (Å²) >= 11 is 0. The first-order chi connectivity index (χ1) is 8.83. The van der Waals surface area contributed by atoms with Crippen molar-refractivity contribution in [1.29, 1.82) is 0 Å². The van der Waals surface area contributed by atoms with E-state index in [9.17, 15) is 0 Å². The number of rotatable bonds is 3. The van der Waals surface area contributed by atoms with Crippen LogP contribution in [0.1, 0.15) is 72.6 Å². The molecule has 0 spiro atoms. The van der Waals surface area contributed by atoms with Gasteiger partial charge in [-0.15, -0.1) is 0 Å². The van der Waals surface area contributed by atoms with Crippen molar-refractivity contribution in [2.24, 2.45) is 28.6 Å². The van der Waals surface area contributed by atoms with Crippen LogP contribution in [0.25, 0.3) is 0 Å². The Bertz CT molecular complexity index is 315. The van der Waals surface area contributed by atoms with Gasteiger partial charge < -0.3 is 5.32 Å². The van der Waals surface area contributed by atoms with Crippen LogP contribution in [0.4, 0.5) is 0 Å². The van der Waals surface area contributed by atoms with Gasteiger partial charge in [-0.25, -0.2) is 0 Å². The van der Waals surface area contributed by atoms with Gasteiger partial charge in [-0.3, -0.25) is 0 Å². The van der Waals surface area contributed by atoms with Gasteiger partial charge in [0, 0.05) is 6.04 Å². The highest BCUT2D eigenvalue weighted by atomic mass is 14.9. The highest BCUT2D eigenvalue weighted by molar-refractivity contribution is 4.95. The van der Waals surface area contributed by atoms with E-state index in [0.29, 0.717) is 10.8 Å². The molecule has 0 amide bonds. The third kappa shape index (κ3) is 3.17. The van der Waals surface area contributed by atoms with Crippen LogP contribution in [-0.2, 0) is 0 Å². The number of fused-ring (bicyclic) bond motifs is 2. The second-order valence-electron chi connectivity index (χ2n) is 9.45. The molecular formula is C18H33N. The maximum atomic E-state index is 3.96. The van der Waals surface area contributed by atoms with Crippen molar-refractivity contribution in [3.63, 3.8) is 0 Å². The van der Waals surface area contributed by atoms with Crippen molar-refractivity contribution in [3.05, 3.63) is 0 Å². The summed E-state index contributed by atoms with van der Waals surface area (Å²) in [5.74, 6) is 3.17. The monoisotopic (exact) mass is 263 g/mol. The lowest BCUT2D eigenvalue weighted by Crippen LogP contribution is -2.45. The number of nitrogens with one attached hydrogen (secondary N) is 1. The predicted octanol–water partition coefficient (Wildman–Crippen LogP) is 4.62. The second kappa shape index (κ2) is 4.76. The molecule has 3 unspecified atom stereocenters. The van der Waals surface area contributed by atoms with E-state index in [1.807, 2.05) is 0 Å². The lowest BCUT2D eigenvalue weighted by atomic mass is 9.63. The molecule has 1 N–H and O–H groups in total. The van der Waals surface area contributed by atoms with Gasteiger partial charge >= 0.3 is 0 Å². The Morgan fingerprint density at radius 1 is 0.947 bits per heavy atom. The molecule has 0 aromatic carbocycles. The van der Waals surface area contributed by atoms with Crippen LogP contribution in [0.2, 0.25) is 0 Å². The molecule has 3 aliphatic carbocycles. The van der Waals surface area contributed by atoms with E-state index in [1.165, 1.54) is 45.1 Å². The largest absolute Gasteiger partial charge is 0.314 e. The summed E-state index contributed by atoms with van der Waals surface area (Å²) in [6, 6.07) is 0.762. The molecule has 3 saturated carbocycles. The Kier molecular flexibility index (Phi) is 3.48. The van der Waals surface area contributed by atoms with Gasteiger partial charge in [0.15, 0.2) is 0 Å². The highest BCUT2D eigenvalue weighted by Crippen LogP contribution is 2.49. The van der Waals surface area contributed by atoms with E-state index in [2.05, 4.69) is 33.0 Å². The molecule has 0 aromatic rings. The van der Waals surface area contributed by atoms with Gasteiger partial charge in [0.2, 0.25) is 0 Å². The van der Waals surface area contributed by atoms with E-state index in [4.69, 9.17) is 0 Å². The lowest BCUT2D eigenvalue weighted by Gasteiger charge is -2.45. The van der Waals surface area contributed by atoms with Gasteiger partial charge in [-0.2, -0.15) is 0 Å². The molecule has 0 radical (unpaired) electrons. The smallest absolute Gasteiger partial charge is 0.00773 e. The zero-order chi connectivity index (χ0) is 13.7. The normalized spacial score (nSPS) is 40.7. The van der Waals surface area contributed by atoms with Crippen LogP contribution in [0.5, 0.6) is 0 Å². The zero-order valence-corrected chi connectivity index (χ0v) is 13.5. The predicted molar refractivity (Wildman–Crippen MR) is 82.1 cm³/mol. The molecule has 3 atom stereocenters. The molecule has 110 valence electrons. The fraction of sp³-hybridized carbons (Fsp3) is 1.00. The Morgan fingerprint density at radius 3 is 2.16 bits per heavy atom. The molecule has 2 bridgehead atoms. The summed E-state index contributed by atoms with van der Waals surface area (Å²) in [7, 11) is 0. The van der Waals surface area contributed by atoms with Crippen LogP contribution in [0.3, 0.4) is 0 Å². The van der Waals surface area contributed by atoms with E-state index in [1.54, 1.807) is 6.42 Å². The standard InChI is InChI=1S/C18H33N/c1-17(2)9-16(10-18(3,4)12-17)19-11-15-8-13-5-6-14(15)7-13/h13-16,19H,5-12H2,1-4H3. The van der Waals surface area contributed by atoms with Crippen molar-refractivity contribution in [1.82, 2.24) is 5.32 Å². The summed E-state index contributed by atoms with van der Waals surface area (Å²) < 4.78 is 0. The van der Waals surface area contributed by atoms with Gasteiger partial charge in [0.05, 0.1) is 0 Å². The fourth-order valence-electron chi connectivity index (χ4n) is 5.93. The Morgan fingerprint density at radius 2 is 1.63 bits per heavy atom. The minimum Gasteiger partial charge on any atom is -0.314 e. The molecule has 3 fully saturated rings. The zero-order valence-electron chi connectivity index (χ0n) is 13.5. The van der Waals surface area contributed by atoms with E-state index in [0.717, 1.165) is 23.8 Å². The molecule has 19 heavy (non-hydrogen) atoms. The van der Waals surface area contributed by atoms with Crippen molar-refractivity contribution in [2.75, 3.05) is 6.54 Å². The first-order valence-electron chi connectivity index (χ1n) is 8.56. The van der Waals surface area contributed by atoms with Crippen LogP contribution >= 0.6 is 0 Å². The summed E-state index contributed by atoms with van der Waals surface area (Å²) in [4.78, 5) is 0. The number of hydrogen-bond donors (Lipinski definition) is 1. The van der Waals surface area contributed by atoms with Crippen LogP contribution in [0, 0.1) is 28.6 Å². The molecule has 0 saturated heterocycles. The lowest BCUT2D eigenvalue weighted by molar-refractivity contribution is 0.0819. The average Bonchev–Trinajstić information content (AvgIpc) is 2.83. The second-order valence-corrected chi connectivity index (χ2v) is 9.45. The molecule has 3 aliphatic rings. The van der Waals surface area contributed by atoms with Crippen molar-refractivity contribution in [2.45, 2.75) is 78.7 Å². The molecular weight excluding hydrogens is 230 g/mol. The first-order valence-corrected chi connectivity index (χ1v) is 8.56. The van der Waals surface area contributed by atoms with Crippen molar-refractivity contribution >= 4 is 0 Å². The molecule has 1 nitrogen and oxygen atoms in total. The van der Waals surface area contributed by atoms with Crippen LogP contribution < -0.4 is 5.32 Å². The third-order valence-corrected chi connectivity index (χ3v) is 6.11. The maximum absolute atomic E-state index is 3.96.